The molecule has 0 radical (unpaired) electrons. The molecule has 1 N–H and O–H groups in total. The molecule has 1 saturated heterocycles. The number of hydrogen-bond acceptors (Lipinski definition) is 4. The predicted molar refractivity (Wildman–Crippen MR) is 100 cm³/mol. The van der Waals surface area contributed by atoms with Crippen LogP contribution < -0.4 is 0 Å². The van der Waals surface area contributed by atoms with Crippen LogP contribution in [0.2, 0.25) is 5.02 Å². The molecular formula is C20H25ClN2O4. The standard InChI is InChI=1S/C20H25ClN2O4/c1-19(2,3)27-18(26)22-9-6-12-13(21)4-5-14(24)16(12)17(22)23-11-20(7-8-20)10-15(23)25/h4-5,17,24H,6-11H2,1-3H3/t17-/m1/s1. The fourth-order valence-corrected chi connectivity index (χ4v) is 4.44. The molecule has 1 aromatic rings. The molecule has 1 aromatic carbocycles. The Hall–Kier alpha value is -1.95. The smallest absolute Gasteiger partial charge is 0.412 e. The van der Waals surface area contributed by atoms with E-state index in [2.05, 4.69) is 0 Å². The number of aromatic hydroxyl groups is 1. The lowest BCUT2D eigenvalue weighted by Gasteiger charge is -2.42. The Labute approximate surface area is 164 Å². The fraction of sp³-hybridized carbons (Fsp3) is 0.600. The van der Waals surface area contributed by atoms with E-state index in [1.54, 1.807) is 15.9 Å². The van der Waals surface area contributed by atoms with E-state index in [9.17, 15) is 14.7 Å². The first kappa shape index (κ1) is 18.4. The van der Waals surface area contributed by atoms with Crippen molar-refractivity contribution in [3.8, 4) is 5.75 Å². The summed E-state index contributed by atoms with van der Waals surface area (Å²) in [4.78, 5) is 29.0. The van der Waals surface area contributed by atoms with Crippen molar-refractivity contribution in [3.05, 3.63) is 28.3 Å². The summed E-state index contributed by atoms with van der Waals surface area (Å²) in [5.74, 6) is 0.0653. The van der Waals surface area contributed by atoms with Gasteiger partial charge < -0.3 is 14.7 Å². The molecule has 2 amide bonds. The molecule has 27 heavy (non-hydrogen) atoms. The number of phenolic OH excluding ortho intramolecular Hbond substituents is 1. The molecule has 0 aromatic heterocycles. The first-order valence-electron chi connectivity index (χ1n) is 9.40. The van der Waals surface area contributed by atoms with Gasteiger partial charge in [0.15, 0.2) is 0 Å². The molecule has 4 rings (SSSR count). The van der Waals surface area contributed by atoms with Crippen molar-refractivity contribution in [2.45, 2.75) is 58.2 Å². The number of carbonyl (C=O) groups excluding carboxylic acids is 2. The summed E-state index contributed by atoms with van der Waals surface area (Å²) in [6, 6.07) is 3.18. The number of hydrogen-bond donors (Lipinski definition) is 1. The lowest BCUT2D eigenvalue weighted by molar-refractivity contribution is -0.133. The van der Waals surface area contributed by atoms with Crippen LogP contribution in [0.3, 0.4) is 0 Å². The number of amides is 2. The zero-order chi connectivity index (χ0) is 19.6. The van der Waals surface area contributed by atoms with Crippen LogP contribution in [-0.4, -0.2) is 45.6 Å². The third-order valence-corrected chi connectivity index (χ3v) is 6.02. The van der Waals surface area contributed by atoms with E-state index in [0.29, 0.717) is 36.5 Å². The highest BCUT2D eigenvalue weighted by atomic mass is 35.5. The van der Waals surface area contributed by atoms with Gasteiger partial charge in [-0.1, -0.05) is 11.6 Å². The molecule has 6 nitrogen and oxygen atoms in total. The van der Waals surface area contributed by atoms with Crippen LogP contribution >= 0.6 is 11.6 Å². The molecular weight excluding hydrogens is 368 g/mol. The molecule has 1 atom stereocenters. The maximum atomic E-state index is 12.9. The molecule has 2 heterocycles. The maximum Gasteiger partial charge on any atom is 0.412 e. The molecule has 146 valence electrons. The highest BCUT2D eigenvalue weighted by Crippen LogP contribution is 2.56. The van der Waals surface area contributed by atoms with E-state index in [4.69, 9.17) is 16.3 Å². The van der Waals surface area contributed by atoms with Crippen LogP contribution in [0.1, 0.15) is 57.3 Å². The normalized spacial score (nSPS) is 23.6. The number of likely N-dealkylation sites (tertiary alicyclic amines) is 1. The Morgan fingerprint density at radius 1 is 1.33 bits per heavy atom. The molecule has 2 fully saturated rings. The number of nitrogens with zero attached hydrogens (tertiary/aromatic N) is 2. The van der Waals surface area contributed by atoms with E-state index in [1.165, 1.54) is 6.07 Å². The average molecular weight is 393 g/mol. The molecule has 0 bridgehead atoms. The molecule has 0 unspecified atom stereocenters. The van der Waals surface area contributed by atoms with Crippen molar-refractivity contribution in [2.75, 3.05) is 13.1 Å². The highest BCUT2D eigenvalue weighted by Gasteiger charge is 2.55. The highest BCUT2D eigenvalue weighted by molar-refractivity contribution is 6.31. The third kappa shape index (κ3) is 3.24. The van der Waals surface area contributed by atoms with Crippen molar-refractivity contribution in [1.82, 2.24) is 9.80 Å². The average Bonchev–Trinajstić information content (AvgIpc) is 3.24. The second-order valence-electron chi connectivity index (χ2n) is 8.95. The van der Waals surface area contributed by atoms with E-state index < -0.39 is 17.9 Å². The van der Waals surface area contributed by atoms with E-state index in [-0.39, 0.29) is 17.1 Å². The number of halogens is 1. The van der Waals surface area contributed by atoms with Crippen LogP contribution in [0.15, 0.2) is 12.1 Å². The zero-order valence-electron chi connectivity index (χ0n) is 15.9. The van der Waals surface area contributed by atoms with Gasteiger partial charge in [-0.05, 0) is 63.1 Å². The Morgan fingerprint density at radius 2 is 2.04 bits per heavy atom. The Kier molecular flexibility index (Phi) is 4.11. The summed E-state index contributed by atoms with van der Waals surface area (Å²) in [6.07, 6.45) is 1.90. The quantitative estimate of drug-likeness (QED) is 0.788. The van der Waals surface area contributed by atoms with Crippen molar-refractivity contribution < 1.29 is 19.4 Å². The molecule has 1 spiro atoms. The lowest BCUT2D eigenvalue weighted by Crippen LogP contribution is -2.50. The van der Waals surface area contributed by atoms with Gasteiger partial charge in [0.1, 0.15) is 17.5 Å². The van der Waals surface area contributed by atoms with Crippen molar-refractivity contribution >= 4 is 23.6 Å². The molecule has 3 aliphatic rings. The summed E-state index contributed by atoms with van der Waals surface area (Å²) in [6.45, 7) is 6.42. The maximum absolute atomic E-state index is 12.9. The SMILES string of the molecule is CC(C)(C)OC(=O)N1CCc2c(Cl)ccc(O)c2[C@H]1N1CC2(CC2)CC1=O. The van der Waals surface area contributed by atoms with Crippen LogP contribution in [0, 0.1) is 5.41 Å². The fourth-order valence-electron chi connectivity index (χ4n) is 4.18. The second kappa shape index (κ2) is 6.03. The first-order chi connectivity index (χ1) is 12.6. The minimum atomic E-state index is -0.685. The van der Waals surface area contributed by atoms with Gasteiger partial charge in [-0.2, -0.15) is 0 Å². The predicted octanol–water partition coefficient (Wildman–Crippen LogP) is 3.85. The number of phenols is 1. The largest absolute Gasteiger partial charge is 0.508 e. The number of benzene rings is 1. The summed E-state index contributed by atoms with van der Waals surface area (Å²) in [5.41, 5.74) is 0.740. The molecule has 1 aliphatic carbocycles. The summed E-state index contributed by atoms with van der Waals surface area (Å²) in [7, 11) is 0. The van der Waals surface area contributed by atoms with E-state index in [1.807, 2.05) is 20.8 Å². The van der Waals surface area contributed by atoms with Gasteiger partial charge in [0.05, 0.1) is 0 Å². The summed E-state index contributed by atoms with van der Waals surface area (Å²) in [5, 5.41) is 11.1. The van der Waals surface area contributed by atoms with Gasteiger partial charge in [0.25, 0.3) is 0 Å². The number of rotatable bonds is 1. The zero-order valence-corrected chi connectivity index (χ0v) is 16.7. The van der Waals surface area contributed by atoms with Crippen LogP contribution in [-0.2, 0) is 16.0 Å². The first-order valence-corrected chi connectivity index (χ1v) is 9.77. The second-order valence-corrected chi connectivity index (χ2v) is 9.36. The van der Waals surface area contributed by atoms with Gasteiger partial charge in [0, 0.05) is 30.1 Å². The Morgan fingerprint density at radius 3 is 2.63 bits per heavy atom. The molecule has 2 aliphatic heterocycles. The number of fused-ring (bicyclic) bond motifs is 1. The topological polar surface area (TPSA) is 70.1 Å². The summed E-state index contributed by atoms with van der Waals surface area (Å²) >= 11 is 6.38. The van der Waals surface area contributed by atoms with Crippen LogP contribution in [0.25, 0.3) is 0 Å². The van der Waals surface area contributed by atoms with E-state index in [0.717, 1.165) is 18.4 Å². The van der Waals surface area contributed by atoms with Crippen LogP contribution in [0.5, 0.6) is 5.75 Å². The third-order valence-electron chi connectivity index (χ3n) is 5.67. The summed E-state index contributed by atoms with van der Waals surface area (Å²) < 4.78 is 5.59. The minimum Gasteiger partial charge on any atom is -0.508 e. The molecule has 1 saturated carbocycles. The monoisotopic (exact) mass is 392 g/mol. The van der Waals surface area contributed by atoms with Gasteiger partial charge in [0.2, 0.25) is 5.91 Å². The van der Waals surface area contributed by atoms with Crippen molar-refractivity contribution in [3.63, 3.8) is 0 Å². The van der Waals surface area contributed by atoms with Crippen molar-refractivity contribution in [2.24, 2.45) is 5.41 Å². The lowest BCUT2D eigenvalue weighted by atomic mass is 9.95. The van der Waals surface area contributed by atoms with Gasteiger partial charge in [-0.25, -0.2) is 4.79 Å². The van der Waals surface area contributed by atoms with Gasteiger partial charge in [-0.3, -0.25) is 9.69 Å². The van der Waals surface area contributed by atoms with Crippen LogP contribution in [0.4, 0.5) is 4.79 Å². The Balaban J connectivity index is 1.77. The van der Waals surface area contributed by atoms with Gasteiger partial charge >= 0.3 is 6.09 Å². The minimum absolute atomic E-state index is 0.0123. The number of ether oxygens (including phenoxy) is 1. The van der Waals surface area contributed by atoms with Gasteiger partial charge in [-0.15, -0.1) is 0 Å². The van der Waals surface area contributed by atoms with Crippen molar-refractivity contribution in [1.29, 1.82) is 0 Å². The number of carbonyl (C=O) groups is 2. The Bertz CT molecular complexity index is 813. The van der Waals surface area contributed by atoms with E-state index >= 15 is 0 Å². The molecule has 7 heteroatoms.